The normalized spacial score (nSPS) is 11.4. The molecule has 36 heavy (non-hydrogen) atoms. The van der Waals surface area contributed by atoms with Crippen LogP contribution >= 0.6 is 0 Å². The number of methoxy groups -OCH3 is 1. The third kappa shape index (κ3) is 6.71. The first-order valence-corrected chi connectivity index (χ1v) is 12.0. The van der Waals surface area contributed by atoms with Crippen molar-refractivity contribution in [2.24, 2.45) is 5.73 Å². The Balaban J connectivity index is 1.89. The van der Waals surface area contributed by atoms with Crippen molar-refractivity contribution in [3.63, 3.8) is 0 Å². The average Bonchev–Trinajstić information content (AvgIpc) is 2.79. The van der Waals surface area contributed by atoms with Gasteiger partial charge < -0.3 is 15.8 Å². The minimum atomic E-state index is -4.14. The summed E-state index contributed by atoms with van der Waals surface area (Å²) in [5.41, 5.74) is 5.70. The highest BCUT2D eigenvalue weighted by Gasteiger charge is 2.20. The molecule has 0 unspecified atom stereocenters. The van der Waals surface area contributed by atoms with E-state index in [-0.39, 0.29) is 47.6 Å². The maximum atomic E-state index is 15.0. The van der Waals surface area contributed by atoms with Gasteiger partial charge in [-0.25, -0.2) is 18.2 Å². The molecule has 0 fully saturated rings. The molecule has 1 amide bonds. The Morgan fingerprint density at radius 1 is 1.06 bits per heavy atom. The number of aryl methyl sites for hydroxylation is 1. The number of rotatable bonds is 11. The van der Waals surface area contributed by atoms with Crippen LogP contribution in [0.5, 0.6) is 0 Å². The number of halogens is 3. The molecule has 0 saturated heterocycles. The molecule has 0 aliphatic carbocycles. The van der Waals surface area contributed by atoms with Gasteiger partial charge in [0.05, 0.1) is 23.5 Å². The summed E-state index contributed by atoms with van der Waals surface area (Å²) in [4.78, 5) is 15.7. The summed E-state index contributed by atoms with van der Waals surface area (Å²) >= 11 is 0. The van der Waals surface area contributed by atoms with Crippen LogP contribution in [0, 0.1) is 24.4 Å². The van der Waals surface area contributed by atoms with Gasteiger partial charge in [0.2, 0.25) is 0 Å². The third-order valence-electron chi connectivity index (χ3n) is 5.03. The van der Waals surface area contributed by atoms with Gasteiger partial charge in [0.1, 0.15) is 11.6 Å². The fourth-order valence-electron chi connectivity index (χ4n) is 3.27. The van der Waals surface area contributed by atoms with Crippen molar-refractivity contribution in [2.75, 3.05) is 30.3 Å². The zero-order valence-corrected chi connectivity index (χ0v) is 20.2. The Morgan fingerprint density at radius 2 is 1.81 bits per heavy atom. The van der Waals surface area contributed by atoms with Crippen LogP contribution in [-0.4, -0.2) is 39.6 Å². The number of primary amides is 1. The highest BCUT2D eigenvalue weighted by atomic mass is 32.2. The Hall–Kier alpha value is -3.68. The number of anilines is 3. The molecule has 0 bridgehead atoms. The first-order valence-electron chi connectivity index (χ1n) is 10.6. The molecule has 1 heterocycles. The van der Waals surface area contributed by atoms with Gasteiger partial charge in [-0.2, -0.15) is 13.1 Å². The summed E-state index contributed by atoms with van der Waals surface area (Å²) in [7, 11) is -2.76. The molecular weight excluding hydrogens is 499 g/mol. The number of ether oxygens (including phenoxy) is 1. The van der Waals surface area contributed by atoms with Gasteiger partial charge in [0, 0.05) is 26.3 Å². The van der Waals surface area contributed by atoms with E-state index in [0.717, 1.165) is 18.3 Å². The second-order valence-electron chi connectivity index (χ2n) is 7.76. The second kappa shape index (κ2) is 11.4. The van der Waals surface area contributed by atoms with Crippen LogP contribution < -0.4 is 20.5 Å². The summed E-state index contributed by atoms with van der Waals surface area (Å²) in [6, 6.07) is 7.65. The van der Waals surface area contributed by atoms with Crippen LogP contribution in [0.4, 0.5) is 30.4 Å². The third-order valence-corrected chi connectivity index (χ3v) is 6.07. The molecule has 13 heteroatoms. The maximum absolute atomic E-state index is 15.0. The molecule has 192 valence electrons. The van der Waals surface area contributed by atoms with Gasteiger partial charge in [-0.15, -0.1) is 0 Å². The summed E-state index contributed by atoms with van der Waals surface area (Å²) in [5.74, 6) is -3.98. The number of carbonyl (C=O) groups excluding carboxylic acids is 1. The van der Waals surface area contributed by atoms with Crippen molar-refractivity contribution >= 4 is 33.3 Å². The summed E-state index contributed by atoms with van der Waals surface area (Å²) in [6.45, 7) is 1.74. The standard InChI is InChI=1S/C23H24F3N5O4S/c1-13-3-4-19(18(25)9-13)30-20-12-17(24)15(11-16(20)22(27)32)10-14-5-6-28-23(21(14)26)31-36(33,34)29-7-8-35-2/h3-6,9,11-12,29-30H,7-8,10H2,1-2H3,(H2,27,32)(H,28,31). The number of aromatic nitrogens is 1. The van der Waals surface area contributed by atoms with E-state index in [2.05, 4.69) is 15.0 Å². The molecule has 1 aromatic heterocycles. The maximum Gasteiger partial charge on any atom is 0.300 e. The lowest BCUT2D eigenvalue weighted by molar-refractivity contribution is 0.100. The Labute approximate surface area is 206 Å². The fourth-order valence-corrected chi connectivity index (χ4v) is 4.09. The van der Waals surface area contributed by atoms with E-state index in [1.165, 1.54) is 25.3 Å². The number of carbonyl (C=O) groups is 1. The molecule has 0 spiro atoms. The number of amides is 1. The SMILES string of the molecule is COCCNS(=O)(=O)Nc1nccc(Cc2cc(C(N)=O)c(Nc3ccc(C)cc3F)cc2F)c1F. The lowest BCUT2D eigenvalue weighted by atomic mass is 10.0. The Morgan fingerprint density at radius 3 is 2.47 bits per heavy atom. The molecule has 2 aromatic carbocycles. The van der Waals surface area contributed by atoms with Gasteiger partial charge in [-0.1, -0.05) is 6.07 Å². The molecule has 0 atom stereocenters. The molecule has 0 aliphatic heterocycles. The van der Waals surface area contributed by atoms with Crippen LogP contribution in [0.2, 0.25) is 0 Å². The van der Waals surface area contributed by atoms with Crippen molar-refractivity contribution < 1.29 is 31.1 Å². The molecule has 5 N–H and O–H groups in total. The highest BCUT2D eigenvalue weighted by Crippen LogP contribution is 2.28. The number of hydrogen-bond acceptors (Lipinski definition) is 6. The van der Waals surface area contributed by atoms with Crippen LogP contribution in [-0.2, 0) is 21.4 Å². The van der Waals surface area contributed by atoms with E-state index in [9.17, 15) is 22.0 Å². The molecule has 9 nitrogen and oxygen atoms in total. The van der Waals surface area contributed by atoms with Gasteiger partial charge in [-0.05, 0) is 53.9 Å². The molecule has 3 aromatic rings. The van der Waals surface area contributed by atoms with E-state index in [4.69, 9.17) is 10.5 Å². The van der Waals surface area contributed by atoms with Crippen molar-refractivity contribution in [1.82, 2.24) is 9.71 Å². The smallest absolute Gasteiger partial charge is 0.300 e. The van der Waals surface area contributed by atoms with E-state index < -0.39 is 39.4 Å². The first-order chi connectivity index (χ1) is 17.0. The predicted octanol–water partition coefficient (Wildman–Crippen LogP) is 3.13. The number of nitrogens with two attached hydrogens (primary N) is 1. The monoisotopic (exact) mass is 523 g/mol. The largest absolute Gasteiger partial charge is 0.383 e. The predicted molar refractivity (Wildman–Crippen MR) is 129 cm³/mol. The first kappa shape index (κ1) is 26.9. The number of hydrogen-bond donors (Lipinski definition) is 4. The number of nitrogens with one attached hydrogen (secondary N) is 3. The lowest BCUT2D eigenvalue weighted by Crippen LogP contribution is -2.33. The zero-order chi connectivity index (χ0) is 26.5. The summed E-state index contributed by atoms with van der Waals surface area (Å²) in [5, 5.41) is 2.66. The Bertz CT molecular complexity index is 1390. The van der Waals surface area contributed by atoms with E-state index in [1.54, 1.807) is 13.0 Å². The van der Waals surface area contributed by atoms with E-state index >= 15 is 4.39 Å². The number of benzene rings is 2. The van der Waals surface area contributed by atoms with E-state index in [0.29, 0.717) is 5.56 Å². The molecule has 0 aliphatic rings. The van der Waals surface area contributed by atoms with Crippen LogP contribution in [0.25, 0.3) is 0 Å². The quantitative estimate of drug-likeness (QED) is 0.285. The average molecular weight is 524 g/mol. The summed E-state index contributed by atoms with van der Waals surface area (Å²) in [6.07, 6.45) is 0.792. The van der Waals surface area contributed by atoms with Gasteiger partial charge in [0.25, 0.3) is 16.1 Å². The zero-order valence-electron chi connectivity index (χ0n) is 19.4. The van der Waals surface area contributed by atoms with Gasteiger partial charge in [0.15, 0.2) is 11.6 Å². The van der Waals surface area contributed by atoms with Crippen molar-refractivity contribution in [2.45, 2.75) is 13.3 Å². The van der Waals surface area contributed by atoms with Crippen LogP contribution in [0.15, 0.2) is 42.6 Å². The molecule has 0 radical (unpaired) electrons. The number of pyridine rings is 1. The molecule has 3 rings (SSSR count). The van der Waals surface area contributed by atoms with Gasteiger partial charge in [-0.3, -0.25) is 9.52 Å². The minimum absolute atomic E-state index is 0.00598. The lowest BCUT2D eigenvalue weighted by Gasteiger charge is -2.15. The van der Waals surface area contributed by atoms with E-state index in [1.807, 2.05) is 4.72 Å². The van der Waals surface area contributed by atoms with Crippen molar-refractivity contribution in [3.05, 3.63) is 82.3 Å². The van der Waals surface area contributed by atoms with Crippen LogP contribution in [0.3, 0.4) is 0 Å². The second-order valence-corrected chi connectivity index (χ2v) is 9.26. The highest BCUT2D eigenvalue weighted by molar-refractivity contribution is 7.90. The van der Waals surface area contributed by atoms with Crippen molar-refractivity contribution in [3.8, 4) is 0 Å². The Kier molecular flexibility index (Phi) is 8.50. The topological polar surface area (TPSA) is 135 Å². The van der Waals surface area contributed by atoms with Crippen LogP contribution in [0.1, 0.15) is 27.0 Å². The summed E-state index contributed by atoms with van der Waals surface area (Å²) < 4.78 is 77.2. The molecular formula is C23H24F3N5O4S. The fraction of sp³-hybridized carbons (Fsp3) is 0.217. The van der Waals surface area contributed by atoms with Crippen molar-refractivity contribution in [1.29, 1.82) is 0 Å². The minimum Gasteiger partial charge on any atom is -0.383 e. The number of nitrogens with zero attached hydrogens (tertiary/aromatic N) is 1. The molecule has 0 saturated carbocycles. The van der Waals surface area contributed by atoms with Gasteiger partial charge >= 0.3 is 0 Å².